The zero-order chi connectivity index (χ0) is 14.8. The Balaban J connectivity index is 2.38. The summed E-state index contributed by atoms with van der Waals surface area (Å²) in [7, 11) is 0. The van der Waals surface area contributed by atoms with Crippen molar-refractivity contribution in [2.75, 3.05) is 0 Å². The van der Waals surface area contributed by atoms with E-state index in [-0.39, 0.29) is 30.4 Å². The summed E-state index contributed by atoms with van der Waals surface area (Å²) in [6.45, 7) is 0. The van der Waals surface area contributed by atoms with Gasteiger partial charge in [0, 0.05) is 0 Å². The molecule has 0 spiro atoms. The number of halogens is 3. The molecule has 0 saturated carbocycles. The fraction of sp³-hybridized carbons (Fsp3) is 0.0714. The second kappa shape index (κ2) is 5.91. The van der Waals surface area contributed by atoms with Crippen LogP contribution >= 0.6 is 0 Å². The Morgan fingerprint density at radius 3 is 2.35 bits per heavy atom. The maximum absolute atomic E-state index is 12.5. The number of ketones is 1. The molecule has 1 radical (unpaired) electrons. The third-order valence-corrected chi connectivity index (χ3v) is 3.62. The van der Waals surface area contributed by atoms with E-state index >= 15 is 0 Å². The molecule has 6 heteroatoms. The van der Waals surface area contributed by atoms with Gasteiger partial charge in [0.2, 0.25) is 0 Å². The molecule has 0 aliphatic rings. The zero-order valence-electron chi connectivity index (χ0n) is 10.3. The van der Waals surface area contributed by atoms with E-state index in [1.54, 1.807) is 24.3 Å². The van der Waals surface area contributed by atoms with Crippen LogP contribution in [0.3, 0.4) is 0 Å². The molecule has 0 unspecified atom stereocenters. The van der Waals surface area contributed by atoms with Gasteiger partial charge >= 0.3 is 128 Å². The van der Waals surface area contributed by atoms with Crippen LogP contribution in [0.4, 0.5) is 13.2 Å². The Labute approximate surface area is 128 Å². The van der Waals surface area contributed by atoms with Crippen LogP contribution < -0.4 is 0 Å². The van der Waals surface area contributed by atoms with E-state index in [0.717, 1.165) is 10.8 Å². The van der Waals surface area contributed by atoms with Crippen LogP contribution in [0.25, 0.3) is 10.8 Å². The number of allylic oxidation sites excluding steroid dienone is 2. The number of benzene rings is 2. The van der Waals surface area contributed by atoms with Crippen LogP contribution in [0, 0.1) is 0 Å². The van der Waals surface area contributed by atoms with Gasteiger partial charge in [0.25, 0.3) is 0 Å². The van der Waals surface area contributed by atoms with Gasteiger partial charge in [-0.1, -0.05) is 0 Å². The molecule has 0 atom stereocenters. The number of fused-ring (bicyclic) bond motifs is 1. The van der Waals surface area contributed by atoms with E-state index in [4.69, 9.17) is 0 Å². The Hall–Kier alpha value is -1.43. The molecule has 0 N–H and O–H groups in total. The SMILES string of the molecule is O=C(C=C([O][InH])C(F)(F)F)c1ccc2ccccc2c1. The Kier molecular flexibility index (Phi) is 4.42. The van der Waals surface area contributed by atoms with E-state index in [2.05, 4.69) is 2.85 Å². The molecule has 0 fully saturated rings. The number of hydrogen-bond acceptors (Lipinski definition) is 2. The summed E-state index contributed by atoms with van der Waals surface area (Å²) in [6.07, 6.45) is -4.13. The minimum absolute atomic E-state index is 0.202. The number of carbonyl (C=O) groups is 1. The molecule has 2 aromatic carbocycles. The van der Waals surface area contributed by atoms with Gasteiger partial charge in [-0.2, -0.15) is 0 Å². The molecule has 0 amide bonds. The molecule has 0 bridgehead atoms. The molecule has 20 heavy (non-hydrogen) atoms. The first-order chi connectivity index (χ1) is 9.41. The third kappa shape index (κ3) is 3.36. The molecule has 0 aliphatic carbocycles. The predicted molar refractivity (Wildman–Crippen MR) is 70.7 cm³/mol. The second-order valence-corrected chi connectivity index (χ2v) is 4.90. The van der Waals surface area contributed by atoms with Crippen molar-refractivity contribution in [1.29, 1.82) is 0 Å². The van der Waals surface area contributed by atoms with Crippen molar-refractivity contribution >= 4 is 41.4 Å². The molecular formula is C14H9F3InO2. The van der Waals surface area contributed by atoms with E-state index in [0.29, 0.717) is 6.08 Å². The molecular weight excluding hydrogens is 372 g/mol. The van der Waals surface area contributed by atoms with Gasteiger partial charge in [-0.25, -0.2) is 0 Å². The molecule has 101 valence electrons. The van der Waals surface area contributed by atoms with Crippen molar-refractivity contribution < 1.29 is 20.8 Å². The predicted octanol–water partition coefficient (Wildman–Crippen LogP) is 3.30. The van der Waals surface area contributed by atoms with Gasteiger partial charge in [0.15, 0.2) is 0 Å². The number of carbonyl (C=O) groups excluding carboxylic acids is 1. The van der Waals surface area contributed by atoms with Crippen molar-refractivity contribution in [2.24, 2.45) is 0 Å². The quantitative estimate of drug-likeness (QED) is 0.464. The van der Waals surface area contributed by atoms with Crippen molar-refractivity contribution in [1.82, 2.24) is 0 Å². The molecule has 0 saturated heterocycles. The summed E-state index contributed by atoms with van der Waals surface area (Å²) < 4.78 is 42.0. The van der Waals surface area contributed by atoms with E-state index in [1.165, 1.54) is 6.07 Å². The standard InChI is InChI=1S/C14H9F3O2.In.H/c15-14(16,17)13(19)8-12(18)11-6-5-9-3-1-2-4-10(9)7-11;;/h1-8,19H;;/q;+1;/p-1. The molecule has 0 aliphatic heterocycles. The fourth-order valence-electron chi connectivity index (χ4n) is 1.75. The Morgan fingerprint density at radius 2 is 1.75 bits per heavy atom. The van der Waals surface area contributed by atoms with Crippen molar-refractivity contribution in [3.63, 3.8) is 0 Å². The summed E-state index contributed by atoms with van der Waals surface area (Å²) in [5.74, 6) is -1.95. The van der Waals surface area contributed by atoms with Gasteiger partial charge in [0.1, 0.15) is 0 Å². The maximum atomic E-state index is 12.5. The average molecular weight is 381 g/mol. The van der Waals surface area contributed by atoms with E-state index in [1.807, 2.05) is 12.1 Å². The number of hydrogen-bond donors (Lipinski definition) is 0. The zero-order valence-corrected chi connectivity index (χ0v) is 14.3. The molecule has 0 heterocycles. The average Bonchev–Trinajstić information content (AvgIpc) is 2.42. The van der Waals surface area contributed by atoms with Crippen LogP contribution in [-0.2, 0) is 2.85 Å². The Morgan fingerprint density at radius 1 is 1.10 bits per heavy atom. The molecule has 0 aromatic heterocycles. The van der Waals surface area contributed by atoms with Crippen LogP contribution in [0.15, 0.2) is 54.3 Å². The van der Waals surface area contributed by atoms with E-state index < -0.39 is 17.7 Å². The van der Waals surface area contributed by atoms with Gasteiger partial charge in [0.05, 0.1) is 0 Å². The molecule has 2 aromatic rings. The summed E-state index contributed by atoms with van der Waals surface area (Å²) in [5.41, 5.74) is 0.202. The van der Waals surface area contributed by atoms with Crippen LogP contribution in [0.1, 0.15) is 10.4 Å². The van der Waals surface area contributed by atoms with Gasteiger partial charge < -0.3 is 0 Å². The topological polar surface area (TPSA) is 26.3 Å². The van der Waals surface area contributed by atoms with E-state index in [9.17, 15) is 18.0 Å². The first kappa shape index (κ1) is 15.0. The minimum atomic E-state index is -4.64. The Bertz CT molecular complexity index is 677. The second-order valence-electron chi connectivity index (χ2n) is 4.08. The van der Waals surface area contributed by atoms with Crippen molar-refractivity contribution in [2.45, 2.75) is 6.18 Å². The number of rotatable bonds is 3. The first-order valence-electron chi connectivity index (χ1n) is 5.66. The summed E-state index contributed by atoms with van der Waals surface area (Å²) in [5, 5.41) is 1.72. The van der Waals surface area contributed by atoms with Crippen LogP contribution in [0.5, 0.6) is 0 Å². The van der Waals surface area contributed by atoms with Crippen molar-refractivity contribution in [3.05, 3.63) is 59.9 Å². The van der Waals surface area contributed by atoms with Gasteiger partial charge in [-0.05, 0) is 0 Å². The first-order valence-corrected chi connectivity index (χ1v) is 7.30. The fourth-order valence-corrected chi connectivity index (χ4v) is 2.46. The van der Waals surface area contributed by atoms with Crippen molar-refractivity contribution in [3.8, 4) is 0 Å². The summed E-state index contributed by atoms with van der Waals surface area (Å²) in [6, 6.07) is 12.1. The third-order valence-electron chi connectivity index (χ3n) is 2.73. The monoisotopic (exact) mass is 381 g/mol. The van der Waals surface area contributed by atoms with Crippen LogP contribution in [0.2, 0.25) is 0 Å². The summed E-state index contributed by atoms with van der Waals surface area (Å²) >= 11 is -0.360. The van der Waals surface area contributed by atoms with Crippen LogP contribution in [-0.4, -0.2) is 36.8 Å². The molecule has 2 nitrogen and oxygen atoms in total. The number of alkyl halides is 3. The summed E-state index contributed by atoms with van der Waals surface area (Å²) in [4.78, 5) is 11.9. The molecule has 2 rings (SSSR count). The van der Waals surface area contributed by atoms with Gasteiger partial charge in [-0.3, -0.25) is 0 Å². The van der Waals surface area contributed by atoms with Gasteiger partial charge in [-0.15, -0.1) is 0 Å². The normalized spacial score (nSPS) is 12.4.